The number of imidazole rings is 1. The zero-order valence-corrected chi connectivity index (χ0v) is 16.1. The van der Waals surface area contributed by atoms with E-state index in [1.54, 1.807) is 6.20 Å². The molecule has 0 unspecified atom stereocenters. The fraction of sp³-hybridized carbons (Fsp3) is 0.273. The molecule has 0 radical (unpaired) electrons. The molecule has 5 heterocycles. The topological polar surface area (TPSA) is 59.2 Å². The minimum atomic E-state index is 0.758. The van der Waals surface area contributed by atoms with E-state index in [9.17, 15) is 0 Å². The van der Waals surface area contributed by atoms with E-state index in [0.29, 0.717) is 0 Å². The summed E-state index contributed by atoms with van der Waals surface area (Å²) in [6.45, 7) is 6.93. The first-order valence-electron chi connectivity index (χ1n) is 9.59. The molecule has 0 atom stereocenters. The second-order valence-corrected chi connectivity index (χ2v) is 7.45. The summed E-state index contributed by atoms with van der Waals surface area (Å²) in [6, 6.07) is 8.12. The fourth-order valence-corrected chi connectivity index (χ4v) is 3.86. The maximum Gasteiger partial charge on any atom is 0.160 e. The van der Waals surface area contributed by atoms with Crippen molar-refractivity contribution >= 4 is 5.65 Å². The van der Waals surface area contributed by atoms with Crippen molar-refractivity contribution in [2.45, 2.75) is 33.4 Å². The Morgan fingerprint density at radius 2 is 2.00 bits per heavy atom. The minimum Gasteiger partial charge on any atom is -0.302 e. The van der Waals surface area contributed by atoms with Gasteiger partial charge in [-0.2, -0.15) is 0 Å². The summed E-state index contributed by atoms with van der Waals surface area (Å²) in [5, 5.41) is 0. The molecule has 0 spiro atoms. The van der Waals surface area contributed by atoms with Gasteiger partial charge in [0, 0.05) is 62.0 Å². The van der Waals surface area contributed by atoms with Crippen molar-refractivity contribution < 1.29 is 0 Å². The first-order valence-corrected chi connectivity index (χ1v) is 9.59. The Morgan fingerprint density at radius 1 is 1.07 bits per heavy atom. The molecular weight excluding hydrogens is 348 g/mol. The number of aromatic nitrogens is 5. The van der Waals surface area contributed by atoms with Crippen LogP contribution in [0.2, 0.25) is 0 Å². The molecule has 4 aromatic rings. The number of fused-ring (bicyclic) bond motifs is 2. The summed E-state index contributed by atoms with van der Waals surface area (Å²) in [5.41, 5.74) is 7.93. The van der Waals surface area contributed by atoms with Gasteiger partial charge in [-0.1, -0.05) is 6.07 Å². The van der Waals surface area contributed by atoms with E-state index in [-0.39, 0.29) is 0 Å². The van der Waals surface area contributed by atoms with Crippen LogP contribution in [-0.4, -0.2) is 35.8 Å². The summed E-state index contributed by atoms with van der Waals surface area (Å²) in [7, 11) is 0. The number of rotatable bonds is 3. The van der Waals surface area contributed by atoms with Crippen LogP contribution in [0.15, 0.2) is 49.1 Å². The van der Waals surface area contributed by atoms with Crippen LogP contribution < -0.4 is 0 Å². The van der Waals surface area contributed by atoms with Gasteiger partial charge in [-0.25, -0.2) is 15.0 Å². The molecular formula is C22H22N6. The Bertz CT molecular complexity index is 1150. The normalized spacial score (nSPS) is 14.4. The van der Waals surface area contributed by atoms with Crippen molar-refractivity contribution in [1.82, 2.24) is 29.2 Å². The lowest BCUT2D eigenvalue weighted by Crippen LogP contribution is -2.31. The van der Waals surface area contributed by atoms with Crippen molar-refractivity contribution in [3.8, 4) is 11.4 Å². The molecule has 0 aromatic carbocycles. The van der Waals surface area contributed by atoms with Gasteiger partial charge in [0.15, 0.2) is 5.82 Å². The van der Waals surface area contributed by atoms with Gasteiger partial charge in [0.25, 0.3) is 0 Å². The standard InChI is InChI=1S/C22H22N6/c1-15-5-6-21-25-16(2)20(28(21)12-15)14-27-9-7-19-18(13-27)11-24-22(26-19)17-4-3-8-23-10-17/h3-6,8,10-12H,7,9,13-14H2,1-2H3. The molecule has 1 aliphatic rings. The van der Waals surface area contributed by atoms with Gasteiger partial charge in [-0.15, -0.1) is 0 Å². The highest BCUT2D eigenvalue weighted by Gasteiger charge is 2.21. The van der Waals surface area contributed by atoms with Gasteiger partial charge in [0.05, 0.1) is 17.1 Å². The van der Waals surface area contributed by atoms with Crippen molar-refractivity contribution in [3.05, 3.63) is 77.3 Å². The van der Waals surface area contributed by atoms with E-state index < -0.39 is 0 Å². The van der Waals surface area contributed by atoms with E-state index in [1.807, 2.05) is 24.5 Å². The molecule has 0 saturated heterocycles. The van der Waals surface area contributed by atoms with Gasteiger partial charge >= 0.3 is 0 Å². The van der Waals surface area contributed by atoms with Crippen molar-refractivity contribution in [2.75, 3.05) is 6.54 Å². The predicted molar refractivity (Wildman–Crippen MR) is 108 cm³/mol. The molecule has 28 heavy (non-hydrogen) atoms. The van der Waals surface area contributed by atoms with Crippen LogP contribution >= 0.6 is 0 Å². The van der Waals surface area contributed by atoms with Crippen LogP contribution in [0.3, 0.4) is 0 Å². The number of pyridine rings is 2. The van der Waals surface area contributed by atoms with E-state index in [2.05, 4.69) is 51.4 Å². The number of hydrogen-bond donors (Lipinski definition) is 0. The molecule has 0 bridgehead atoms. The van der Waals surface area contributed by atoms with Crippen LogP contribution in [0.25, 0.3) is 17.0 Å². The molecule has 140 valence electrons. The summed E-state index contributed by atoms with van der Waals surface area (Å²) in [4.78, 5) is 20.7. The molecule has 0 fully saturated rings. The molecule has 0 aliphatic carbocycles. The lowest BCUT2D eigenvalue weighted by Gasteiger charge is -2.28. The van der Waals surface area contributed by atoms with Crippen molar-refractivity contribution in [2.24, 2.45) is 0 Å². The van der Waals surface area contributed by atoms with E-state index in [0.717, 1.165) is 54.5 Å². The van der Waals surface area contributed by atoms with Gasteiger partial charge in [0.2, 0.25) is 0 Å². The van der Waals surface area contributed by atoms with E-state index >= 15 is 0 Å². The minimum absolute atomic E-state index is 0.758. The maximum absolute atomic E-state index is 4.80. The predicted octanol–water partition coefficient (Wildman–Crippen LogP) is 3.36. The number of nitrogens with zero attached hydrogens (tertiary/aromatic N) is 6. The van der Waals surface area contributed by atoms with Crippen LogP contribution in [0.5, 0.6) is 0 Å². The third-order valence-electron chi connectivity index (χ3n) is 5.37. The average molecular weight is 370 g/mol. The Labute approximate surface area is 163 Å². The molecule has 0 N–H and O–H groups in total. The van der Waals surface area contributed by atoms with Crippen molar-refractivity contribution in [1.29, 1.82) is 0 Å². The van der Waals surface area contributed by atoms with Crippen LogP contribution in [0.1, 0.15) is 28.2 Å². The molecule has 6 heteroatoms. The SMILES string of the molecule is Cc1ccc2nc(C)c(CN3CCc4nc(-c5cccnc5)ncc4C3)n2c1. The fourth-order valence-electron chi connectivity index (χ4n) is 3.86. The summed E-state index contributed by atoms with van der Waals surface area (Å²) < 4.78 is 2.22. The molecule has 4 aromatic heterocycles. The zero-order chi connectivity index (χ0) is 19.1. The lowest BCUT2D eigenvalue weighted by molar-refractivity contribution is 0.239. The van der Waals surface area contributed by atoms with Gasteiger partial charge < -0.3 is 4.40 Å². The van der Waals surface area contributed by atoms with E-state index in [4.69, 9.17) is 9.97 Å². The van der Waals surface area contributed by atoms with Crippen LogP contribution in [0.4, 0.5) is 0 Å². The second kappa shape index (κ2) is 6.80. The van der Waals surface area contributed by atoms with E-state index in [1.165, 1.54) is 16.8 Å². The first kappa shape index (κ1) is 17.0. The summed E-state index contributed by atoms with van der Waals surface area (Å²) >= 11 is 0. The third kappa shape index (κ3) is 3.05. The number of hydrogen-bond acceptors (Lipinski definition) is 5. The maximum atomic E-state index is 4.80. The average Bonchev–Trinajstić information content (AvgIpc) is 3.03. The highest BCUT2D eigenvalue weighted by molar-refractivity contribution is 5.53. The van der Waals surface area contributed by atoms with Gasteiger partial charge in [0.1, 0.15) is 5.65 Å². The van der Waals surface area contributed by atoms with Gasteiger partial charge in [-0.3, -0.25) is 9.88 Å². The summed E-state index contributed by atoms with van der Waals surface area (Å²) in [6.07, 6.45) is 8.66. The van der Waals surface area contributed by atoms with Crippen molar-refractivity contribution in [3.63, 3.8) is 0 Å². The largest absolute Gasteiger partial charge is 0.302 e. The zero-order valence-electron chi connectivity index (χ0n) is 16.1. The Morgan fingerprint density at radius 3 is 2.86 bits per heavy atom. The quantitative estimate of drug-likeness (QED) is 0.553. The molecule has 0 amide bonds. The molecule has 1 aliphatic heterocycles. The van der Waals surface area contributed by atoms with Crippen LogP contribution in [0, 0.1) is 13.8 Å². The van der Waals surface area contributed by atoms with Crippen LogP contribution in [-0.2, 0) is 19.5 Å². The smallest absolute Gasteiger partial charge is 0.160 e. The summed E-state index contributed by atoms with van der Waals surface area (Å²) in [5.74, 6) is 0.758. The number of aryl methyl sites for hydroxylation is 2. The highest BCUT2D eigenvalue weighted by atomic mass is 15.2. The Hall–Kier alpha value is -3.12. The molecule has 5 rings (SSSR count). The third-order valence-corrected chi connectivity index (χ3v) is 5.37. The molecule has 6 nitrogen and oxygen atoms in total. The second-order valence-electron chi connectivity index (χ2n) is 7.45. The Kier molecular flexibility index (Phi) is 4.13. The van der Waals surface area contributed by atoms with Gasteiger partial charge in [-0.05, 0) is 37.6 Å². The Balaban J connectivity index is 1.40. The first-order chi connectivity index (χ1) is 13.7. The molecule has 0 saturated carbocycles. The lowest BCUT2D eigenvalue weighted by atomic mass is 10.1. The monoisotopic (exact) mass is 370 g/mol. The highest BCUT2D eigenvalue weighted by Crippen LogP contribution is 2.23.